The minimum atomic E-state index is -4.36. The maximum Gasteiger partial charge on any atom is 0.472 e. The van der Waals surface area contributed by atoms with E-state index >= 15 is 0 Å². The van der Waals surface area contributed by atoms with Gasteiger partial charge in [-0.25, -0.2) is 4.57 Å². The summed E-state index contributed by atoms with van der Waals surface area (Å²) in [6, 6.07) is 0. The Kier molecular flexibility index (Phi) is 38.8. The lowest BCUT2D eigenvalue weighted by Gasteiger charge is -2.24. The molecule has 0 aromatic rings. The summed E-state index contributed by atoms with van der Waals surface area (Å²) in [6.45, 7) is 4.43. The Bertz CT molecular complexity index is 927. The second-order valence-electron chi connectivity index (χ2n) is 17.5. The van der Waals surface area contributed by atoms with Gasteiger partial charge in [-0.15, -0.1) is 0 Å². The topological polar surface area (TPSA) is 108 Å². The summed E-state index contributed by atoms with van der Waals surface area (Å²) < 4.78 is 34.3. The molecule has 2 unspecified atom stereocenters. The van der Waals surface area contributed by atoms with E-state index in [0.717, 1.165) is 38.5 Å². The van der Waals surface area contributed by atoms with Crippen LogP contribution < -0.4 is 0 Å². The summed E-state index contributed by atoms with van der Waals surface area (Å²) in [4.78, 5) is 35.2. The van der Waals surface area contributed by atoms with Crippen molar-refractivity contribution < 1.29 is 42.1 Å². The van der Waals surface area contributed by atoms with Crippen molar-refractivity contribution in [2.75, 3.05) is 47.5 Å². The monoisotopic (exact) mass is 819 g/mol. The van der Waals surface area contributed by atoms with Crippen LogP contribution in [0.3, 0.4) is 0 Å². The van der Waals surface area contributed by atoms with E-state index in [4.69, 9.17) is 18.5 Å². The highest BCUT2D eigenvalue weighted by molar-refractivity contribution is 7.47. The molecule has 0 amide bonds. The molecule has 0 rings (SSSR count). The fraction of sp³-hybridized carbons (Fsp3) is 0.957. The molecule has 2 atom stereocenters. The van der Waals surface area contributed by atoms with E-state index in [9.17, 15) is 19.0 Å². The smallest absolute Gasteiger partial charge is 0.462 e. The van der Waals surface area contributed by atoms with Crippen molar-refractivity contribution in [2.45, 2.75) is 238 Å². The number of carbonyl (C=O) groups is 2. The first-order valence-corrected chi connectivity index (χ1v) is 25.3. The molecule has 0 saturated carbocycles. The molecule has 56 heavy (non-hydrogen) atoms. The maximum absolute atomic E-state index is 12.7. The van der Waals surface area contributed by atoms with E-state index in [-0.39, 0.29) is 25.6 Å². The molecule has 0 spiro atoms. The largest absolute Gasteiger partial charge is 0.472 e. The number of phosphoric acid groups is 1. The highest BCUT2D eigenvalue weighted by atomic mass is 31.2. The minimum absolute atomic E-state index is 0.0366. The van der Waals surface area contributed by atoms with Gasteiger partial charge in [0, 0.05) is 12.8 Å². The average molecular weight is 819 g/mol. The van der Waals surface area contributed by atoms with E-state index in [1.54, 1.807) is 0 Å². The van der Waals surface area contributed by atoms with Gasteiger partial charge in [0.1, 0.15) is 19.8 Å². The van der Waals surface area contributed by atoms with Gasteiger partial charge in [-0.3, -0.25) is 18.6 Å². The minimum Gasteiger partial charge on any atom is -0.462 e. The summed E-state index contributed by atoms with van der Waals surface area (Å²) in [7, 11) is 1.49. The van der Waals surface area contributed by atoms with Crippen LogP contribution >= 0.6 is 7.82 Å². The summed E-state index contributed by atoms with van der Waals surface area (Å²) in [5, 5.41) is 0. The lowest BCUT2D eigenvalue weighted by Crippen LogP contribution is -2.37. The Hall–Kier alpha value is -0.990. The van der Waals surface area contributed by atoms with Gasteiger partial charge in [0.05, 0.1) is 27.7 Å². The van der Waals surface area contributed by atoms with Gasteiger partial charge in [0.25, 0.3) is 0 Å². The number of esters is 2. The van der Waals surface area contributed by atoms with Crippen LogP contribution in [-0.2, 0) is 32.7 Å². The number of likely N-dealkylation sites (N-methyl/N-ethyl adjacent to an activating group) is 1. The second kappa shape index (κ2) is 39.5. The van der Waals surface area contributed by atoms with Crippen molar-refractivity contribution in [1.29, 1.82) is 0 Å². The number of hydrogen-bond donors (Lipinski definition) is 1. The molecule has 0 aromatic carbocycles. The normalized spacial score (nSPS) is 13.5. The first-order chi connectivity index (χ1) is 27.0. The van der Waals surface area contributed by atoms with Crippen molar-refractivity contribution in [3.63, 3.8) is 0 Å². The third-order valence-electron chi connectivity index (χ3n) is 10.6. The SMILES string of the molecule is CCCCCCCCCCCCCCCCCCCCCCCCCCC(=O)OC(COC(=O)CCCCCCCCCC)COP(=O)(O)OCC[N+](C)(C)C. The van der Waals surface area contributed by atoms with Gasteiger partial charge in [-0.05, 0) is 12.8 Å². The van der Waals surface area contributed by atoms with Crippen LogP contribution in [0.5, 0.6) is 0 Å². The van der Waals surface area contributed by atoms with Gasteiger partial charge in [0.15, 0.2) is 6.10 Å². The lowest BCUT2D eigenvalue weighted by atomic mass is 10.0. The summed E-state index contributed by atoms with van der Waals surface area (Å²) in [6.07, 6.45) is 40.3. The van der Waals surface area contributed by atoms with Gasteiger partial charge < -0.3 is 18.9 Å². The van der Waals surface area contributed by atoms with Crippen molar-refractivity contribution in [3.05, 3.63) is 0 Å². The molecule has 0 saturated heterocycles. The van der Waals surface area contributed by atoms with Crippen molar-refractivity contribution in [1.82, 2.24) is 0 Å². The Morgan fingerprint density at radius 3 is 1.14 bits per heavy atom. The predicted octanol–water partition coefficient (Wildman–Crippen LogP) is 13.6. The standard InChI is InChI=1S/C46H92NO8P/c1-6-8-10-12-14-16-17-18-19-20-21-22-23-24-25-26-27-28-29-30-31-33-35-37-39-46(49)55-44(43-54-56(50,51)53-41-40-47(3,4)5)42-52-45(48)38-36-34-32-15-13-11-9-7-2/h44H,6-43H2,1-5H3/p+1. The van der Waals surface area contributed by atoms with E-state index in [2.05, 4.69) is 13.8 Å². The van der Waals surface area contributed by atoms with E-state index < -0.39 is 26.5 Å². The third-order valence-corrected chi connectivity index (χ3v) is 11.6. The summed E-state index contributed by atoms with van der Waals surface area (Å²) in [5.74, 6) is -0.788. The van der Waals surface area contributed by atoms with Gasteiger partial charge in [0.2, 0.25) is 0 Å². The van der Waals surface area contributed by atoms with Crippen LogP contribution in [0.4, 0.5) is 0 Å². The quantitative estimate of drug-likeness (QED) is 0.0280. The Morgan fingerprint density at radius 2 is 0.804 bits per heavy atom. The van der Waals surface area contributed by atoms with Crippen LogP contribution in [0.25, 0.3) is 0 Å². The van der Waals surface area contributed by atoms with Crippen LogP contribution in [0.15, 0.2) is 0 Å². The zero-order valence-corrected chi connectivity index (χ0v) is 38.5. The Morgan fingerprint density at radius 1 is 0.482 bits per heavy atom. The molecule has 1 N–H and O–H groups in total. The highest BCUT2D eigenvalue weighted by Gasteiger charge is 2.27. The molecular weight excluding hydrogens is 725 g/mol. The lowest BCUT2D eigenvalue weighted by molar-refractivity contribution is -0.870. The molecule has 0 bridgehead atoms. The molecule has 9 nitrogen and oxygen atoms in total. The van der Waals surface area contributed by atoms with Crippen molar-refractivity contribution in [2.24, 2.45) is 0 Å². The zero-order chi connectivity index (χ0) is 41.4. The van der Waals surface area contributed by atoms with Crippen LogP contribution in [0.2, 0.25) is 0 Å². The first-order valence-electron chi connectivity index (χ1n) is 23.8. The number of nitrogens with zero attached hydrogens (tertiary/aromatic N) is 1. The van der Waals surface area contributed by atoms with Gasteiger partial charge >= 0.3 is 19.8 Å². The number of hydrogen-bond acceptors (Lipinski definition) is 7. The van der Waals surface area contributed by atoms with E-state index in [0.29, 0.717) is 17.4 Å². The number of ether oxygens (including phenoxy) is 2. The number of rotatable bonds is 44. The van der Waals surface area contributed by atoms with E-state index in [1.165, 1.54) is 167 Å². The number of unbranched alkanes of at least 4 members (excludes halogenated alkanes) is 30. The molecule has 0 aliphatic rings. The fourth-order valence-electron chi connectivity index (χ4n) is 6.90. The zero-order valence-electron chi connectivity index (χ0n) is 37.6. The van der Waals surface area contributed by atoms with Crippen LogP contribution in [-0.4, -0.2) is 74.9 Å². The molecule has 0 heterocycles. The second-order valence-corrected chi connectivity index (χ2v) is 19.0. The van der Waals surface area contributed by atoms with Gasteiger partial charge in [-0.2, -0.15) is 0 Å². The highest BCUT2D eigenvalue weighted by Crippen LogP contribution is 2.43. The third kappa shape index (κ3) is 42.6. The Labute approximate surface area is 346 Å². The number of quaternary nitrogens is 1. The fourth-order valence-corrected chi connectivity index (χ4v) is 7.64. The van der Waals surface area contributed by atoms with Crippen molar-refractivity contribution in [3.8, 4) is 0 Å². The van der Waals surface area contributed by atoms with Crippen molar-refractivity contribution >= 4 is 19.8 Å². The summed E-state index contributed by atoms with van der Waals surface area (Å²) >= 11 is 0. The van der Waals surface area contributed by atoms with Crippen LogP contribution in [0.1, 0.15) is 232 Å². The number of carbonyl (C=O) groups excluding carboxylic acids is 2. The average Bonchev–Trinajstić information content (AvgIpc) is 3.15. The Balaban J connectivity index is 4.07. The first kappa shape index (κ1) is 55.0. The molecule has 0 fully saturated rings. The predicted molar refractivity (Wildman–Crippen MR) is 234 cm³/mol. The molecular formula is C46H93NO8P+. The molecule has 0 radical (unpaired) electrons. The molecule has 0 aliphatic carbocycles. The van der Waals surface area contributed by atoms with Crippen LogP contribution in [0, 0.1) is 0 Å². The molecule has 0 aromatic heterocycles. The molecule has 0 aliphatic heterocycles. The molecule has 10 heteroatoms. The maximum atomic E-state index is 12.7. The summed E-state index contributed by atoms with van der Waals surface area (Å²) in [5.41, 5.74) is 0. The number of phosphoric ester groups is 1. The van der Waals surface area contributed by atoms with Gasteiger partial charge in [-0.1, -0.05) is 206 Å². The van der Waals surface area contributed by atoms with E-state index in [1.807, 2.05) is 21.1 Å². The molecule has 334 valence electrons.